The SMILES string of the molecule is CC(=O)N1CCN(c2nnc(-c3cccs3)c(-c3cccs3)n2)CC1. The molecule has 0 bridgehead atoms. The molecular formula is C17H17N5OS2. The average molecular weight is 371 g/mol. The number of amides is 1. The van der Waals surface area contributed by atoms with Gasteiger partial charge in [0.15, 0.2) is 0 Å². The molecule has 8 heteroatoms. The topological polar surface area (TPSA) is 62.2 Å². The van der Waals surface area contributed by atoms with Crippen LogP contribution in [0.4, 0.5) is 5.95 Å². The molecule has 1 aliphatic rings. The van der Waals surface area contributed by atoms with Crippen molar-refractivity contribution in [1.29, 1.82) is 0 Å². The summed E-state index contributed by atoms with van der Waals surface area (Å²) >= 11 is 3.29. The first-order valence-electron chi connectivity index (χ1n) is 8.05. The van der Waals surface area contributed by atoms with Gasteiger partial charge in [0.05, 0.1) is 9.75 Å². The molecule has 6 nitrogen and oxygen atoms in total. The van der Waals surface area contributed by atoms with Crippen LogP contribution in [0.25, 0.3) is 21.1 Å². The molecular weight excluding hydrogens is 354 g/mol. The van der Waals surface area contributed by atoms with Crippen molar-refractivity contribution in [2.24, 2.45) is 0 Å². The first-order valence-corrected chi connectivity index (χ1v) is 9.81. The van der Waals surface area contributed by atoms with Crippen LogP contribution >= 0.6 is 22.7 Å². The van der Waals surface area contributed by atoms with Crippen molar-refractivity contribution in [3.05, 3.63) is 35.0 Å². The summed E-state index contributed by atoms with van der Waals surface area (Å²) in [6.45, 7) is 4.45. The number of thiophene rings is 2. The highest BCUT2D eigenvalue weighted by Crippen LogP contribution is 2.34. The van der Waals surface area contributed by atoms with Crippen LogP contribution in [-0.2, 0) is 4.79 Å². The maximum atomic E-state index is 11.5. The van der Waals surface area contributed by atoms with Gasteiger partial charge in [-0.1, -0.05) is 12.1 Å². The van der Waals surface area contributed by atoms with Gasteiger partial charge in [0.25, 0.3) is 0 Å². The van der Waals surface area contributed by atoms with Gasteiger partial charge in [-0.25, -0.2) is 4.98 Å². The fraction of sp³-hybridized carbons (Fsp3) is 0.294. The van der Waals surface area contributed by atoms with Gasteiger partial charge in [0, 0.05) is 33.1 Å². The van der Waals surface area contributed by atoms with E-state index < -0.39 is 0 Å². The predicted molar refractivity (Wildman–Crippen MR) is 101 cm³/mol. The zero-order chi connectivity index (χ0) is 17.2. The standard InChI is InChI=1S/C17H17N5OS2/c1-12(23)21-6-8-22(9-7-21)17-18-15(13-4-2-10-24-13)16(19-20-17)14-5-3-11-25-14/h2-5,10-11H,6-9H2,1H3. The molecule has 1 aliphatic heterocycles. The second-order valence-electron chi connectivity index (χ2n) is 5.76. The highest BCUT2D eigenvalue weighted by molar-refractivity contribution is 7.14. The van der Waals surface area contributed by atoms with E-state index in [9.17, 15) is 4.79 Å². The fourth-order valence-electron chi connectivity index (χ4n) is 2.84. The number of anilines is 1. The van der Waals surface area contributed by atoms with Crippen molar-refractivity contribution in [1.82, 2.24) is 20.1 Å². The summed E-state index contributed by atoms with van der Waals surface area (Å²) in [7, 11) is 0. The summed E-state index contributed by atoms with van der Waals surface area (Å²) in [4.78, 5) is 22.4. The van der Waals surface area contributed by atoms with Crippen LogP contribution in [0.5, 0.6) is 0 Å². The summed E-state index contributed by atoms with van der Waals surface area (Å²) in [5.74, 6) is 0.748. The maximum absolute atomic E-state index is 11.5. The first-order chi connectivity index (χ1) is 12.2. The second kappa shape index (κ2) is 6.89. The molecule has 0 aromatic carbocycles. The van der Waals surface area contributed by atoms with Crippen LogP contribution < -0.4 is 4.90 Å². The Kier molecular flexibility index (Phi) is 4.46. The molecule has 0 spiro atoms. The number of carbonyl (C=O) groups excluding carboxylic acids is 1. The van der Waals surface area contributed by atoms with E-state index in [0.717, 1.165) is 34.2 Å². The molecule has 128 valence electrons. The van der Waals surface area contributed by atoms with Crippen molar-refractivity contribution in [2.45, 2.75) is 6.92 Å². The summed E-state index contributed by atoms with van der Waals surface area (Å²) in [5.41, 5.74) is 1.69. The molecule has 0 radical (unpaired) electrons. The largest absolute Gasteiger partial charge is 0.339 e. The number of hydrogen-bond acceptors (Lipinski definition) is 7. The second-order valence-corrected chi connectivity index (χ2v) is 7.65. The molecule has 4 rings (SSSR count). The predicted octanol–water partition coefficient (Wildman–Crippen LogP) is 3.00. The van der Waals surface area contributed by atoms with Gasteiger partial charge in [-0.2, -0.15) is 0 Å². The molecule has 1 saturated heterocycles. The summed E-state index contributed by atoms with van der Waals surface area (Å²) < 4.78 is 0. The smallest absolute Gasteiger partial charge is 0.246 e. The Hall–Kier alpha value is -2.32. The third-order valence-electron chi connectivity index (χ3n) is 4.19. The number of hydrogen-bond donors (Lipinski definition) is 0. The van der Waals surface area contributed by atoms with Gasteiger partial charge in [0.2, 0.25) is 11.9 Å². The van der Waals surface area contributed by atoms with E-state index >= 15 is 0 Å². The average Bonchev–Trinajstić information content (AvgIpc) is 3.35. The normalized spacial score (nSPS) is 14.8. The Balaban J connectivity index is 1.67. The van der Waals surface area contributed by atoms with E-state index in [1.54, 1.807) is 29.6 Å². The van der Waals surface area contributed by atoms with Crippen molar-refractivity contribution in [3.63, 3.8) is 0 Å². The van der Waals surface area contributed by atoms with Gasteiger partial charge >= 0.3 is 0 Å². The highest BCUT2D eigenvalue weighted by Gasteiger charge is 2.23. The summed E-state index contributed by atoms with van der Waals surface area (Å²) in [6, 6.07) is 8.13. The van der Waals surface area contributed by atoms with Crippen molar-refractivity contribution in [3.8, 4) is 21.1 Å². The quantitative estimate of drug-likeness (QED) is 0.708. The molecule has 1 amide bonds. The van der Waals surface area contributed by atoms with E-state index in [4.69, 9.17) is 4.98 Å². The van der Waals surface area contributed by atoms with Crippen molar-refractivity contribution < 1.29 is 4.79 Å². The molecule has 0 aliphatic carbocycles. The minimum absolute atomic E-state index is 0.117. The van der Waals surface area contributed by atoms with Crippen LogP contribution in [0.1, 0.15) is 6.92 Å². The maximum Gasteiger partial charge on any atom is 0.246 e. The van der Waals surface area contributed by atoms with Crippen molar-refractivity contribution >= 4 is 34.5 Å². The van der Waals surface area contributed by atoms with E-state index in [1.165, 1.54) is 0 Å². The molecule has 0 atom stereocenters. The van der Waals surface area contributed by atoms with Gasteiger partial charge in [-0.15, -0.1) is 32.9 Å². The minimum Gasteiger partial charge on any atom is -0.339 e. The molecule has 1 fully saturated rings. The fourth-order valence-corrected chi connectivity index (χ4v) is 4.26. The number of carbonyl (C=O) groups is 1. The van der Waals surface area contributed by atoms with Crippen LogP contribution in [0.3, 0.4) is 0 Å². The molecule has 25 heavy (non-hydrogen) atoms. The lowest BCUT2D eigenvalue weighted by molar-refractivity contribution is -0.129. The first kappa shape index (κ1) is 16.2. The Morgan fingerprint density at radius 1 is 0.960 bits per heavy atom. The third-order valence-corrected chi connectivity index (χ3v) is 5.95. The Labute approximate surface area is 153 Å². The number of aromatic nitrogens is 3. The van der Waals surface area contributed by atoms with Gasteiger partial charge in [0.1, 0.15) is 11.4 Å². The van der Waals surface area contributed by atoms with Crippen molar-refractivity contribution in [2.75, 3.05) is 31.1 Å². The Bertz CT molecular complexity index is 855. The lowest BCUT2D eigenvalue weighted by atomic mass is 10.2. The van der Waals surface area contributed by atoms with Gasteiger partial charge in [-0.05, 0) is 22.9 Å². The van der Waals surface area contributed by atoms with Crippen LogP contribution in [0, 0.1) is 0 Å². The lowest BCUT2D eigenvalue weighted by Gasteiger charge is -2.34. The molecule has 0 N–H and O–H groups in total. The van der Waals surface area contributed by atoms with E-state index in [2.05, 4.69) is 21.2 Å². The van der Waals surface area contributed by atoms with Crippen LogP contribution in [0.2, 0.25) is 0 Å². The van der Waals surface area contributed by atoms with E-state index in [1.807, 2.05) is 33.9 Å². The van der Waals surface area contributed by atoms with Gasteiger partial charge < -0.3 is 9.80 Å². The van der Waals surface area contributed by atoms with Gasteiger partial charge in [-0.3, -0.25) is 4.79 Å². The molecule has 4 heterocycles. The monoisotopic (exact) mass is 371 g/mol. The molecule has 3 aromatic heterocycles. The Morgan fingerprint density at radius 3 is 2.16 bits per heavy atom. The summed E-state index contributed by atoms with van der Waals surface area (Å²) in [6.07, 6.45) is 0. The highest BCUT2D eigenvalue weighted by atomic mass is 32.1. The number of piperazine rings is 1. The molecule has 0 unspecified atom stereocenters. The summed E-state index contributed by atoms with van der Waals surface area (Å²) in [5, 5.41) is 12.9. The molecule has 3 aromatic rings. The van der Waals surface area contributed by atoms with Crippen LogP contribution in [0.15, 0.2) is 35.0 Å². The number of nitrogens with zero attached hydrogens (tertiary/aromatic N) is 5. The van der Waals surface area contributed by atoms with E-state index in [0.29, 0.717) is 19.0 Å². The third kappa shape index (κ3) is 3.27. The zero-order valence-electron chi connectivity index (χ0n) is 13.8. The molecule has 0 saturated carbocycles. The minimum atomic E-state index is 0.117. The van der Waals surface area contributed by atoms with E-state index in [-0.39, 0.29) is 5.91 Å². The number of rotatable bonds is 3. The lowest BCUT2D eigenvalue weighted by Crippen LogP contribution is -2.48. The Morgan fingerprint density at radius 2 is 1.60 bits per heavy atom. The zero-order valence-corrected chi connectivity index (χ0v) is 15.4. The van der Waals surface area contributed by atoms with Crippen LogP contribution in [-0.4, -0.2) is 52.2 Å².